The molecule has 0 aliphatic carbocycles. The zero-order valence-electron chi connectivity index (χ0n) is 17.2. The summed E-state index contributed by atoms with van der Waals surface area (Å²) in [6, 6.07) is 14.3. The molecule has 0 aliphatic rings. The molecule has 1 N–H and O–H groups in total. The zero-order chi connectivity index (χ0) is 21.4. The van der Waals surface area contributed by atoms with Crippen LogP contribution in [0.25, 0.3) is 0 Å². The van der Waals surface area contributed by atoms with E-state index in [1.54, 1.807) is 24.3 Å². The maximum Gasteiger partial charge on any atom is 0.261 e. The first-order chi connectivity index (χ1) is 13.7. The third-order valence-electron chi connectivity index (χ3n) is 4.33. The summed E-state index contributed by atoms with van der Waals surface area (Å²) in [7, 11) is -1.85. The molecule has 1 atom stereocenters. The summed E-state index contributed by atoms with van der Waals surface area (Å²) < 4.78 is 35.7. The van der Waals surface area contributed by atoms with Crippen molar-refractivity contribution in [1.82, 2.24) is 5.32 Å². The standard InChI is InChI=1S/C21H28N2O5S/c1-5-20(21(24)22-14-15-27-18-10-6-16(2)7-11-18)28-19-12-8-17(9-13-19)23(3)29(4,25)26/h6-13,20H,5,14-15H2,1-4H3,(H,22,24)/t20-/m0/s1. The van der Waals surface area contributed by atoms with Gasteiger partial charge in [0.15, 0.2) is 6.10 Å². The van der Waals surface area contributed by atoms with Gasteiger partial charge in [0, 0.05) is 7.05 Å². The van der Waals surface area contributed by atoms with Gasteiger partial charge in [-0.2, -0.15) is 0 Å². The van der Waals surface area contributed by atoms with Crippen molar-refractivity contribution in [2.24, 2.45) is 0 Å². The summed E-state index contributed by atoms with van der Waals surface area (Å²) in [6.07, 6.45) is 0.987. The number of nitrogens with zero attached hydrogens (tertiary/aromatic N) is 1. The topological polar surface area (TPSA) is 84.9 Å². The molecule has 0 saturated heterocycles. The van der Waals surface area contributed by atoms with Gasteiger partial charge in [-0.15, -0.1) is 0 Å². The van der Waals surface area contributed by atoms with E-state index in [1.807, 2.05) is 38.1 Å². The maximum absolute atomic E-state index is 12.4. The number of rotatable bonds is 10. The second-order valence-electron chi connectivity index (χ2n) is 6.69. The summed E-state index contributed by atoms with van der Waals surface area (Å²) in [5, 5.41) is 2.81. The Labute approximate surface area is 172 Å². The van der Waals surface area contributed by atoms with Gasteiger partial charge in [-0.3, -0.25) is 9.10 Å². The van der Waals surface area contributed by atoms with Crippen molar-refractivity contribution in [3.63, 3.8) is 0 Å². The monoisotopic (exact) mass is 420 g/mol. The molecule has 0 heterocycles. The number of aryl methyl sites for hydroxylation is 1. The van der Waals surface area contributed by atoms with Crippen molar-refractivity contribution in [1.29, 1.82) is 0 Å². The average Bonchev–Trinajstić information content (AvgIpc) is 2.69. The van der Waals surface area contributed by atoms with E-state index in [1.165, 1.54) is 11.4 Å². The molecular weight excluding hydrogens is 392 g/mol. The van der Waals surface area contributed by atoms with Crippen LogP contribution in [-0.2, 0) is 14.8 Å². The third kappa shape index (κ3) is 6.98. The molecular formula is C21H28N2O5S. The molecule has 0 radical (unpaired) electrons. The molecule has 7 nitrogen and oxygen atoms in total. The molecule has 2 rings (SSSR count). The lowest BCUT2D eigenvalue weighted by molar-refractivity contribution is -0.128. The Bertz CT molecular complexity index is 896. The minimum Gasteiger partial charge on any atom is -0.492 e. The van der Waals surface area contributed by atoms with Crippen LogP contribution in [0.1, 0.15) is 18.9 Å². The number of nitrogens with one attached hydrogen (secondary N) is 1. The number of carbonyl (C=O) groups is 1. The number of hydrogen-bond donors (Lipinski definition) is 1. The quantitative estimate of drug-likeness (QED) is 0.598. The van der Waals surface area contributed by atoms with Gasteiger partial charge in [0.05, 0.1) is 18.5 Å². The Morgan fingerprint density at radius 2 is 1.66 bits per heavy atom. The highest BCUT2D eigenvalue weighted by atomic mass is 32.2. The normalized spacial score (nSPS) is 12.1. The summed E-state index contributed by atoms with van der Waals surface area (Å²) in [5.74, 6) is 1.03. The molecule has 2 aromatic rings. The highest BCUT2D eigenvalue weighted by molar-refractivity contribution is 7.92. The van der Waals surface area contributed by atoms with Crippen LogP contribution in [0.4, 0.5) is 5.69 Å². The minimum absolute atomic E-state index is 0.225. The number of sulfonamides is 1. The van der Waals surface area contributed by atoms with Gasteiger partial charge in [-0.1, -0.05) is 24.6 Å². The van der Waals surface area contributed by atoms with E-state index in [-0.39, 0.29) is 5.91 Å². The second kappa shape index (κ2) is 10.2. The van der Waals surface area contributed by atoms with E-state index in [2.05, 4.69) is 5.32 Å². The van der Waals surface area contributed by atoms with E-state index >= 15 is 0 Å². The summed E-state index contributed by atoms with van der Waals surface area (Å²) in [6.45, 7) is 4.59. The molecule has 8 heteroatoms. The van der Waals surface area contributed by atoms with Crippen LogP contribution in [-0.4, -0.2) is 46.9 Å². The van der Waals surface area contributed by atoms with Gasteiger partial charge < -0.3 is 14.8 Å². The largest absolute Gasteiger partial charge is 0.492 e. The van der Waals surface area contributed by atoms with Crippen molar-refractivity contribution < 1.29 is 22.7 Å². The van der Waals surface area contributed by atoms with E-state index in [9.17, 15) is 13.2 Å². The fraction of sp³-hybridized carbons (Fsp3) is 0.381. The van der Waals surface area contributed by atoms with Crippen molar-refractivity contribution in [3.8, 4) is 11.5 Å². The van der Waals surface area contributed by atoms with E-state index < -0.39 is 16.1 Å². The number of anilines is 1. The molecule has 0 bridgehead atoms. The highest BCUT2D eigenvalue weighted by Crippen LogP contribution is 2.21. The molecule has 2 aromatic carbocycles. The van der Waals surface area contributed by atoms with E-state index in [4.69, 9.17) is 9.47 Å². The van der Waals surface area contributed by atoms with Crippen LogP contribution < -0.4 is 19.1 Å². The lowest BCUT2D eigenvalue weighted by Gasteiger charge is -2.19. The molecule has 0 spiro atoms. The Balaban J connectivity index is 1.83. The van der Waals surface area contributed by atoms with Crippen molar-refractivity contribution in [2.45, 2.75) is 26.4 Å². The van der Waals surface area contributed by atoms with Crippen LogP contribution in [0.15, 0.2) is 48.5 Å². The number of hydrogen-bond acceptors (Lipinski definition) is 5. The van der Waals surface area contributed by atoms with E-state index in [0.29, 0.717) is 31.0 Å². The first-order valence-corrected chi connectivity index (χ1v) is 11.2. The van der Waals surface area contributed by atoms with Gasteiger partial charge in [0.1, 0.15) is 18.1 Å². The number of amides is 1. The van der Waals surface area contributed by atoms with Gasteiger partial charge in [0.25, 0.3) is 5.91 Å². The summed E-state index contributed by atoms with van der Waals surface area (Å²) >= 11 is 0. The highest BCUT2D eigenvalue weighted by Gasteiger charge is 2.18. The fourth-order valence-electron chi connectivity index (χ4n) is 2.50. The van der Waals surface area contributed by atoms with Crippen LogP contribution in [0.5, 0.6) is 11.5 Å². The van der Waals surface area contributed by atoms with Gasteiger partial charge in [-0.25, -0.2) is 8.42 Å². The third-order valence-corrected chi connectivity index (χ3v) is 5.54. The summed E-state index contributed by atoms with van der Waals surface area (Å²) in [4.78, 5) is 12.4. The lowest BCUT2D eigenvalue weighted by atomic mass is 10.2. The van der Waals surface area contributed by atoms with Crippen molar-refractivity contribution in [3.05, 3.63) is 54.1 Å². The second-order valence-corrected chi connectivity index (χ2v) is 8.71. The zero-order valence-corrected chi connectivity index (χ0v) is 18.0. The Morgan fingerprint density at radius 3 is 2.21 bits per heavy atom. The molecule has 0 aliphatic heterocycles. The van der Waals surface area contributed by atoms with E-state index in [0.717, 1.165) is 17.6 Å². The van der Waals surface area contributed by atoms with Gasteiger partial charge >= 0.3 is 0 Å². The SMILES string of the molecule is CC[C@H](Oc1ccc(N(C)S(C)(=O)=O)cc1)C(=O)NCCOc1ccc(C)cc1. The molecule has 0 unspecified atom stereocenters. The summed E-state index contributed by atoms with van der Waals surface area (Å²) in [5.41, 5.74) is 1.68. The van der Waals surface area contributed by atoms with Crippen LogP contribution in [0, 0.1) is 6.92 Å². The van der Waals surface area contributed by atoms with Crippen molar-refractivity contribution >= 4 is 21.6 Å². The average molecular weight is 421 g/mol. The first kappa shape index (κ1) is 22.5. The van der Waals surface area contributed by atoms with Crippen molar-refractivity contribution in [2.75, 3.05) is 30.8 Å². The van der Waals surface area contributed by atoms with Gasteiger partial charge in [-0.05, 0) is 49.7 Å². The van der Waals surface area contributed by atoms with Gasteiger partial charge in [0.2, 0.25) is 10.0 Å². The molecule has 0 aromatic heterocycles. The van der Waals surface area contributed by atoms with Crippen LogP contribution in [0.3, 0.4) is 0 Å². The number of ether oxygens (including phenoxy) is 2. The fourth-order valence-corrected chi connectivity index (χ4v) is 3.01. The Hall–Kier alpha value is -2.74. The minimum atomic E-state index is -3.33. The Kier molecular flexibility index (Phi) is 7.90. The molecule has 29 heavy (non-hydrogen) atoms. The molecule has 0 fully saturated rings. The van der Waals surface area contributed by atoms with Crippen LogP contribution >= 0.6 is 0 Å². The molecule has 0 saturated carbocycles. The molecule has 158 valence electrons. The Morgan fingerprint density at radius 1 is 1.07 bits per heavy atom. The van der Waals surface area contributed by atoms with Crippen LogP contribution in [0.2, 0.25) is 0 Å². The smallest absolute Gasteiger partial charge is 0.261 e. The molecule has 1 amide bonds. The lowest BCUT2D eigenvalue weighted by Crippen LogP contribution is -2.39. The number of benzene rings is 2. The number of carbonyl (C=O) groups excluding carboxylic acids is 1. The first-order valence-electron chi connectivity index (χ1n) is 9.38. The predicted molar refractivity (Wildman–Crippen MR) is 114 cm³/mol. The maximum atomic E-state index is 12.4. The predicted octanol–water partition coefficient (Wildman–Crippen LogP) is 2.74.